The highest BCUT2D eigenvalue weighted by molar-refractivity contribution is 6.03. The van der Waals surface area contributed by atoms with Crippen LogP contribution in [0.3, 0.4) is 0 Å². The molecule has 0 N–H and O–H groups in total. The molecule has 38 heavy (non-hydrogen) atoms. The standard InChI is InChI=1S/C32H34O6/c1-17-12-18(2)22(6)29(21(17)5)27(33)15-37-31(35)25-10-9-11-26(14-25)32(36)38-16-28(34)30-23(7)19(3)13-20(4)24(30)8/h9-14H,15-16H2,1-8H3. The van der Waals surface area contributed by atoms with Gasteiger partial charge in [-0.2, -0.15) is 0 Å². The minimum Gasteiger partial charge on any atom is -0.454 e. The zero-order valence-corrected chi connectivity index (χ0v) is 23.3. The first-order chi connectivity index (χ1) is 17.8. The molecule has 0 saturated carbocycles. The first-order valence-corrected chi connectivity index (χ1v) is 12.5. The van der Waals surface area contributed by atoms with Crippen LogP contribution in [0, 0.1) is 55.4 Å². The third-order valence-corrected chi connectivity index (χ3v) is 7.29. The predicted octanol–water partition coefficient (Wildman–Crippen LogP) is 6.23. The van der Waals surface area contributed by atoms with Crippen molar-refractivity contribution < 1.29 is 28.7 Å². The average Bonchev–Trinajstić information content (AvgIpc) is 2.88. The lowest BCUT2D eigenvalue weighted by Crippen LogP contribution is -2.18. The molecular formula is C32H34O6. The van der Waals surface area contributed by atoms with E-state index in [2.05, 4.69) is 0 Å². The first-order valence-electron chi connectivity index (χ1n) is 12.5. The van der Waals surface area contributed by atoms with Gasteiger partial charge in [0.2, 0.25) is 11.6 Å². The Bertz CT molecular complexity index is 1300. The van der Waals surface area contributed by atoms with Crippen LogP contribution in [0.25, 0.3) is 0 Å². The number of carbonyl (C=O) groups excluding carboxylic acids is 4. The molecule has 0 heterocycles. The Morgan fingerprint density at radius 3 is 1.16 bits per heavy atom. The van der Waals surface area contributed by atoms with Gasteiger partial charge in [0.05, 0.1) is 11.1 Å². The van der Waals surface area contributed by atoms with Gasteiger partial charge in [-0.1, -0.05) is 18.2 Å². The lowest BCUT2D eigenvalue weighted by atomic mass is 9.92. The molecule has 0 aliphatic rings. The smallest absolute Gasteiger partial charge is 0.338 e. The molecule has 6 nitrogen and oxygen atoms in total. The van der Waals surface area contributed by atoms with Crippen molar-refractivity contribution in [2.24, 2.45) is 0 Å². The fourth-order valence-electron chi connectivity index (χ4n) is 4.62. The highest BCUT2D eigenvalue weighted by Crippen LogP contribution is 2.23. The molecule has 0 aliphatic carbocycles. The largest absolute Gasteiger partial charge is 0.454 e. The zero-order chi connectivity index (χ0) is 28.3. The van der Waals surface area contributed by atoms with Gasteiger partial charge in [-0.3, -0.25) is 9.59 Å². The van der Waals surface area contributed by atoms with Crippen LogP contribution in [0.2, 0.25) is 0 Å². The molecule has 0 aliphatic heterocycles. The van der Waals surface area contributed by atoms with E-state index < -0.39 is 25.2 Å². The number of aryl methyl sites for hydroxylation is 4. The van der Waals surface area contributed by atoms with Gasteiger partial charge in [0.1, 0.15) is 0 Å². The lowest BCUT2D eigenvalue weighted by molar-refractivity contribution is 0.0467. The van der Waals surface area contributed by atoms with E-state index in [1.165, 1.54) is 24.3 Å². The van der Waals surface area contributed by atoms with Crippen LogP contribution < -0.4 is 0 Å². The van der Waals surface area contributed by atoms with Gasteiger partial charge in [-0.25, -0.2) is 9.59 Å². The molecule has 6 heteroatoms. The van der Waals surface area contributed by atoms with Crippen molar-refractivity contribution in [3.63, 3.8) is 0 Å². The maximum absolute atomic E-state index is 12.9. The molecule has 0 saturated heterocycles. The zero-order valence-electron chi connectivity index (χ0n) is 23.3. The maximum atomic E-state index is 12.9. The van der Waals surface area contributed by atoms with Gasteiger partial charge < -0.3 is 9.47 Å². The number of ketones is 2. The van der Waals surface area contributed by atoms with E-state index in [1.807, 2.05) is 67.5 Å². The van der Waals surface area contributed by atoms with Gasteiger partial charge in [0, 0.05) is 11.1 Å². The second-order valence-electron chi connectivity index (χ2n) is 9.85. The summed E-state index contributed by atoms with van der Waals surface area (Å²) in [6.07, 6.45) is 0. The minimum absolute atomic E-state index is 0.105. The second-order valence-corrected chi connectivity index (χ2v) is 9.85. The monoisotopic (exact) mass is 514 g/mol. The number of rotatable bonds is 8. The third kappa shape index (κ3) is 5.91. The quantitative estimate of drug-likeness (QED) is 0.261. The summed E-state index contributed by atoms with van der Waals surface area (Å²) in [5.74, 6) is -2.03. The van der Waals surface area contributed by atoms with Crippen molar-refractivity contribution >= 4 is 23.5 Å². The summed E-state index contributed by atoms with van der Waals surface area (Å²) in [7, 11) is 0. The van der Waals surface area contributed by atoms with E-state index in [-0.39, 0.29) is 22.7 Å². The van der Waals surface area contributed by atoms with Gasteiger partial charge in [-0.05, 0) is 118 Å². The van der Waals surface area contributed by atoms with E-state index in [0.717, 1.165) is 44.5 Å². The second kappa shape index (κ2) is 11.5. The Labute approximate surface area is 224 Å². The van der Waals surface area contributed by atoms with E-state index in [1.54, 1.807) is 0 Å². The molecule has 0 atom stereocenters. The molecule has 0 radical (unpaired) electrons. The van der Waals surface area contributed by atoms with Gasteiger partial charge in [-0.15, -0.1) is 0 Å². The van der Waals surface area contributed by atoms with Crippen molar-refractivity contribution in [1.29, 1.82) is 0 Å². The molecule has 0 amide bonds. The average molecular weight is 515 g/mol. The highest BCUT2D eigenvalue weighted by atomic mass is 16.5. The molecule has 3 aromatic carbocycles. The summed E-state index contributed by atoms with van der Waals surface area (Å²) in [6.45, 7) is 14.4. The number of ether oxygens (including phenoxy) is 2. The Balaban J connectivity index is 1.67. The summed E-state index contributed by atoms with van der Waals surface area (Å²) in [6, 6.07) is 9.88. The van der Waals surface area contributed by atoms with Crippen LogP contribution in [0.5, 0.6) is 0 Å². The summed E-state index contributed by atoms with van der Waals surface area (Å²) in [5.41, 5.74) is 8.76. The van der Waals surface area contributed by atoms with Crippen molar-refractivity contribution in [2.45, 2.75) is 55.4 Å². The number of hydrogen-bond donors (Lipinski definition) is 0. The molecule has 0 spiro atoms. The summed E-state index contributed by atoms with van der Waals surface area (Å²) in [5, 5.41) is 0. The first kappa shape index (κ1) is 28.5. The Hall–Kier alpha value is -4.06. The fourth-order valence-corrected chi connectivity index (χ4v) is 4.62. The molecule has 0 fully saturated rings. The Morgan fingerprint density at radius 1 is 0.526 bits per heavy atom. The number of benzene rings is 3. The minimum atomic E-state index is -0.731. The van der Waals surface area contributed by atoms with Crippen LogP contribution in [-0.4, -0.2) is 36.7 Å². The predicted molar refractivity (Wildman–Crippen MR) is 146 cm³/mol. The van der Waals surface area contributed by atoms with Crippen LogP contribution >= 0.6 is 0 Å². The van der Waals surface area contributed by atoms with E-state index >= 15 is 0 Å². The lowest BCUT2D eigenvalue weighted by Gasteiger charge is -2.15. The van der Waals surface area contributed by atoms with Crippen LogP contribution in [-0.2, 0) is 9.47 Å². The number of hydrogen-bond acceptors (Lipinski definition) is 6. The van der Waals surface area contributed by atoms with Crippen molar-refractivity contribution in [2.75, 3.05) is 13.2 Å². The molecular weight excluding hydrogens is 480 g/mol. The fraction of sp³-hybridized carbons (Fsp3) is 0.312. The van der Waals surface area contributed by atoms with Gasteiger partial charge in [0.25, 0.3) is 0 Å². The van der Waals surface area contributed by atoms with E-state index in [9.17, 15) is 19.2 Å². The Morgan fingerprint density at radius 2 is 0.842 bits per heavy atom. The number of esters is 2. The maximum Gasteiger partial charge on any atom is 0.338 e. The van der Waals surface area contributed by atoms with Gasteiger partial charge >= 0.3 is 11.9 Å². The van der Waals surface area contributed by atoms with E-state index in [0.29, 0.717) is 11.1 Å². The molecule has 3 rings (SSSR count). The van der Waals surface area contributed by atoms with Crippen LogP contribution in [0.15, 0.2) is 36.4 Å². The van der Waals surface area contributed by atoms with E-state index in [4.69, 9.17) is 9.47 Å². The molecule has 0 aromatic heterocycles. The summed E-state index contributed by atoms with van der Waals surface area (Å²) in [4.78, 5) is 51.1. The third-order valence-electron chi connectivity index (χ3n) is 7.29. The van der Waals surface area contributed by atoms with Gasteiger partial charge in [0.15, 0.2) is 13.2 Å². The van der Waals surface area contributed by atoms with Crippen LogP contribution in [0.4, 0.5) is 0 Å². The van der Waals surface area contributed by atoms with Crippen molar-refractivity contribution in [1.82, 2.24) is 0 Å². The number of carbonyl (C=O) groups is 4. The SMILES string of the molecule is Cc1cc(C)c(C)c(C(=O)COC(=O)c2cccc(C(=O)OCC(=O)c3c(C)c(C)cc(C)c3C)c2)c1C. The van der Waals surface area contributed by atoms with Crippen molar-refractivity contribution in [3.05, 3.63) is 103 Å². The molecule has 3 aromatic rings. The molecule has 0 bridgehead atoms. The Kier molecular flexibility index (Phi) is 8.67. The summed E-state index contributed by atoms with van der Waals surface area (Å²) < 4.78 is 10.6. The van der Waals surface area contributed by atoms with Crippen molar-refractivity contribution in [3.8, 4) is 0 Å². The highest BCUT2D eigenvalue weighted by Gasteiger charge is 2.21. The van der Waals surface area contributed by atoms with Crippen LogP contribution in [0.1, 0.15) is 85.9 Å². The molecule has 198 valence electrons. The molecule has 0 unspecified atom stereocenters. The summed E-state index contributed by atoms with van der Waals surface area (Å²) >= 11 is 0. The topological polar surface area (TPSA) is 86.7 Å². The number of Topliss-reactive ketones (excluding diaryl/α,β-unsaturated/α-hetero) is 2. The normalized spacial score (nSPS) is 10.7.